The lowest BCUT2D eigenvalue weighted by atomic mass is 9.80. The first kappa shape index (κ1) is 9.59. The highest BCUT2D eigenvalue weighted by atomic mass is 19.1. The molecule has 0 aliphatic heterocycles. The highest BCUT2D eigenvalue weighted by Gasteiger charge is 2.30. The van der Waals surface area contributed by atoms with Gasteiger partial charge in [-0.05, 0) is 25.0 Å². The predicted molar refractivity (Wildman–Crippen MR) is 53.1 cm³/mol. The maximum Gasteiger partial charge on any atom is 0.126 e. The van der Waals surface area contributed by atoms with Crippen molar-refractivity contribution < 1.29 is 4.39 Å². The molecule has 1 aliphatic carbocycles. The topological polar surface area (TPSA) is 38.9 Å². The SMILES string of the molecule is NC1(c2cc(F)ccn2)CCCCC1. The van der Waals surface area contributed by atoms with Crippen molar-refractivity contribution in [1.29, 1.82) is 0 Å². The van der Waals surface area contributed by atoms with Crippen LogP contribution in [0.3, 0.4) is 0 Å². The van der Waals surface area contributed by atoms with Crippen molar-refractivity contribution in [2.24, 2.45) is 5.73 Å². The maximum atomic E-state index is 13.0. The van der Waals surface area contributed by atoms with E-state index in [1.165, 1.54) is 24.8 Å². The fourth-order valence-corrected chi connectivity index (χ4v) is 2.12. The fraction of sp³-hybridized carbons (Fsp3) is 0.545. The summed E-state index contributed by atoms with van der Waals surface area (Å²) in [7, 11) is 0. The van der Waals surface area contributed by atoms with Crippen LogP contribution >= 0.6 is 0 Å². The Hall–Kier alpha value is -0.960. The smallest absolute Gasteiger partial charge is 0.126 e. The molecule has 0 atom stereocenters. The second kappa shape index (κ2) is 3.65. The van der Waals surface area contributed by atoms with Crippen LogP contribution in [0, 0.1) is 5.82 Å². The first-order chi connectivity index (χ1) is 6.71. The largest absolute Gasteiger partial charge is 0.320 e. The number of pyridine rings is 1. The molecule has 0 unspecified atom stereocenters. The normalized spacial score (nSPS) is 20.7. The highest BCUT2D eigenvalue weighted by molar-refractivity contribution is 5.16. The lowest BCUT2D eigenvalue weighted by Crippen LogP contribution is -2.39. The number of aromatic nitrogens is 1. The molecule has 2 N–H and O–H groups in total. The van der Waals surface area contributed by atoms with Crippen LogP contribution in [0.1, 0.15) is 37.8 Å². The quantitative estimate of drug-likeness (QED) is 0.745. The molecular weight excluding hydrogens is 179 g/mol. The number of hydrogen-bond acceptors (Lipinski definition) is 2. The van der Waals surface area contributed by atoms with Crippen LogP contribution in [0.15, 0.2) is 18.3 Å². The summed E-state index contributed by atoms with van der Waals surface area (Å²) in [6, 6.07) is 2.82. The molecule has 3 heteroatoms. The van der Waals surface area contributed by atoms with Crippen LogP contribution in [-0.2, 0) is 5.54 Å². The van der Waals surface area contributed by atoms with Crippen LogP contribution in [0.2, 0.25) is 0 Å². The Morgan fingerprint density at radius 3 is 2.64 bits per heavy atom. The van der Waals surface area contributed by atoms with Crippen molar-refractivity contribution in [3.63, 3.8) is 0 Å². The van der Waals surface area contributed by atoms with Gasteiger partial charge in [-0.2, -0.15) is 0 Å². The number of nitrogens with zero attached hydrogens (tertiary/aromatic N) is 1. The molecule has 0 radical (unpaired) electrons. The zero-order valence-electron chi connectivity index (χ0n) is 8.17. The standard InChI is InChI=1S/C11H15FN2/c12-9-4-7-14-10(8-9)11(13)5-2-1-3-6-11/h4,7-8H,1-3,5-6,13H2. The molecule has 0 spiro atoms. The summed E-state index contributed by atoms with van der Waals surface area (Å²) in [4.78, 5) is 4.17. The molecule has 1 heterocycles. The Morgan fingerprint density at radius 2 is 2.00 bits per heavy atom. The molecule has 0 bridgehead atoms. The molecule has 0 aromatic carbocycles. The van der Waals surface area contributed by atoms with E-state index in [0.717, 1.165) is 25.7 Å². The molecule has 1 aromatic heterocycles. The minimum atomic E-state index is -0.389. The minimum Gasteiger partial charge on any atom is -0.320 e. The Bertz CT molecular complexity index is 319. The number of nitrogens with two attached hydrogens (primary N) is 1. The number of rotatable bonds is 1. The fourth-order valence-electron chi connectivity index (χ4n) is 2.12. The van der Waals surface area contributed by atoms with Gasteiger partial charge in [0.25, 0.3) is 0 Å². The van der Waals surface area contributed by atoms with E-state index in [4.69, 9.17) is 5.73 Å². The zero-order chi connectivity index (χ0) is 10.0. The Labute approximate surface area is 83.3 Å². The third kappa shape index (κ3) is 1.77. The molecule has 1 aliphatic rings. The third-order valence-electron chi connectivity index (χ3n) is 2.98. The van der Waals surface area contributed by atoms with Crippen LogP contribution in [0.5, 0.6) is 0 Å². The third-order valence-corrected chi connectivity index (χ3v) is 2.98. The Morgan fingerprint density at radius 1 is 1.29 bits per heavy atom. The Balaban J connectivity index is 2.28. The van der Waals surface area contributed by atoms with Gasteiger partial charge in [-0.3, -0.25) is 4.98 Å². The number of hydrogen-bond donors (Lipinski definition) is 1. The van der Waals surface area contributed by atoms with E-state index in [1.807, 2.05) is 0 Å². The molecule has 14 heavy (non-hydrogen) atoms. The van der Waals surface area contributed by atoms with Gasteiger partial charge in [0.15, 0.2) is 0 Å². The van der Waals surface area contributed by atoms with Gasteiger partial charge in [0.1, 0.15) is 5.82 Å². The van der Waals surface area contributed by atoms with E-state index in [1.54, 1.807) is 0 Å². The van der Waals surface area contributed by atoms with Gasteiger partial charge in [0.2, 0.25) is 0 Å². The molecular formula is C11H15FN2. The van der Waals surface area contributed by atoms with Crippen molar-refractivity contribution in [2.75, 3.05) is 0 Å². The summed E-state index contributed by atoms with van der Waals surface area (Å²) in [6.45, 7) is 0. The molecule has 0 amide bonds. The van der Waals surface area contributed by atoms with Crippen LogP contribution in [0.4, 0.5) is 4.39 Å². The summed E-state index contributed by atoms with van der Waals surface area (Å²) in [6.07, 6.45) is 6.80. The van der Waals surface area contributed by atoms with Gasteiger partial charge >= 0.3 is 0 Å². The average molecular weight is 194 g/mol. The first-order valence-corrected chi connectivity index (χ1v) is 5.12. The average Bonchev–Trinajstić information content (AvgIpc) is 2.19. The van der Waals surface area contributed by atoms with Crippen molar-refractivity contribution in [3.05, 3.63) is 29.8 Å². The van der Waals surface area contributed by atoms with Gasteiger partial charge in [0.05, 0.1) is 11.2 Å². The number of halogens is 1. The molecule has 2 rings (SSSR count). The van der Waals surface area contributed by atoms with Gasteiger partial charge in [-0.15, -0.1) is 0 Å². The molecule has 0 saturated heterocycles. The molecule has 1 fully saturated rings. The van der Waals surface area contributed by atoms with Crippen LogP contribution < -0.4 is 5.73 Å². The van der Waals surface area contributed by atoms with Crippen LogP contribution in [0.25, 0.3) is 0 Å². The van der Waals surface area contributed by atoms with Gasteiger partial charge < -0.3 is 5.73 Å². The first-order valence-electron chi connectivity index (χ1n) is 5.12. The summed E-state index contributed by atoms with van der Waals surface area (Å²) in [5, 5.41) is 0. The summed E-state index contributed by atoms with van der Waals surface area (Å²) >= 11 is 0. The summed E-state index contributed by atoms with van der Waals surface area (Å²) in [5.74, 6) is -0.245. The maximum absolute atomic E-state index is 13.0. The summed E-state index contributed by atoms with van der Waals surface area (Å²) < 4.78 is 13.0. The van der Waals surface area contributed by atoms with E-state index < -0.39 is 0 Å². The van der Waals surface area contributed by atoms with Crippen molar-refractivity contribution in [3.8, 4) is 0 Å². The van der Waals surface area contributed by atoms with Gasteiger partial charge in [-0.25, -0.2) is 4.39 Å². The van der Waals surface area contributed by atoms with E-state index in [-0.39, 0.29) is 11.4 Å². The molecule has 2 nitrogen and oxygen atoms in total. The van der Waals surface area contributed by atoms with E-state index in [2.05, 4.69) is 4.98 Å². The minimum absolute atomic E-state index is 0.245. The van der Waals surface area contributed by atoms with Crippen LogP contribution in [-0.4, -0.2) is 4.98 Å². The molecule has 1 saturated carbocycles. The predicted octanol–water partition coefficient (Wildman–Crippen LogP) is 2.34. The second-order valence-electron chi connectivity index (χ2n) is 4.08. The Kier molecular flexibility index (Phi) is 2.50. The lowest BCUT2D eigenvalue weighted by Gasteiger charge is -2.32. The van der Waals surface area contributed by atoms with E-state index >= 15 is 0 Å². The van der Waals surface area contributed by atoms with Crippen molar-refractivity contribution >= 4 is 0 Å². The summed E-state index contributed by atoms with van der Waals surface area (Å²) in [5.41, 5.74) is 6.54. The van der Waals surface area contributed by atoms with Gasteiger partial charge in [0, 0.05) is 6.20 Å². The lowest BCUT2D eigenvalue weighted by molar-refractivity contribution is 0.294. The zero-order valence-corrected chi connectivity index (χ0v) is 8.17. The van der Waals surface area contributed by atoms with Gasteiger partial charge in [-0.1, -0.05) is 19.3 Å². The monoisotopic (exact) mass is 194 g/mol. The van der Waals surface area contributed by atoms with Crippen molar-refractivity contribution in [2.45, 2.75) is 37.6 Å². The highest BCUT2D eigenvalue weighted by Crippen LogP contribution is 2.33. The second-order valence-corrected chi connectivity index (χ2v) is 4.08. The van der Waals surface area contributed by atoms with Crippen molar-refractivity contribution in [1.82, 2.24) is 4.98 Å². The van der Waals surface area contributed by atoms with E-state index in [0.29, 0.717) is 5.69 Å². The molecule has 76 valence electrons. The molecule has 1 aromatic rings. The van der Waals surface area contributed by atoms with E-state index in [9.17, 15) is 4.39 Å².